The summed E-state index contributed by atoms with van der Waals surface area (Å²) >= 11 is 0. The highest BCUT2D eigenvalue weighted by atomic mass is 16.5. The number of hydrogen-bond donors (Lipinski definition) is 3. The second kappa shape index (κ2) is 32.8. The molecule has 6 aliphatic rings. The summed E-state index contributed by atoms with van der Waals surface area (Å²) in [6.45, 7) is 23.8. The molecule has 0 aliphatic carbocycles. The molecular formula is C70H96N18O3. The van der Waals surface area contributed by atoms with Crippen molar-refractivity contribution in [2.45, 2.75) is 84.3 Å². The lowest BCUT2D eigenvalue weighted by Crippen LogP contribution is -2.42. The van der Waals surface area contributed by atoms with Gasteiger partial charge in [0.25, 0.3) is 0 Å². The fourth-order valence-corrected chi connectivity index (χ4v) is 12.7. The van der Waals surface area contributed by atoms with Crippen LogP contribution in [0.4, 0.5) is 52.4 Å². The molecule has 3 atom stereocenters. The molecule has 0 radical (unpaired) electrons. The Hall–Kier alpha value is -8.79. The highest BCUT2D eigenvalue weighted by Crippen LogP contribution is 2.32. The predicted molar refractivity (Wildman–Crippen MR) is 376 cm³/mol. The lowest BCUT2D eigenvalue weighted by Gasteiger charge is -2.35. The van der Waals surface area contributed by atoms with Gasteiger partial charge in [-0.15, -0.1) is 0 Å². The van der Waals surface area contributed by atoms with Gasteiger partial charge in [-0.2, -0.15) is 15.0 Å². The van der Waals surface area contributed by atoms with E-state index in [0.29, 0.717) is 36.0 Å². The van der Waals surface area contributed by atoms with Gasteiger partial charge in [-0.25, -0.2) is 15.0 Å². The Labute approximate surface area is 540 Å². The van der Waals surface area contributed by atoms with E-state index in [1.807, 2.05) is 102 Å². The second-order valence-corrected chi connectivity index (χ2v) is 22.9. The third-order valence-electron chi connectivity index (χ3n) is 17.1. The van der Waals surface area contributed by atoms with Crippen molar-refractivity contribution in [3.05, 3.63) is 147 Å². The lowest BCUT2D eigenvalue weighted by molar-refractivity contribution is 0.122. The maximum Gasteiger partial charge on any atom is 0.224 e. The topological polar surface area (TPSA) is 199 Å². The van der Waals surface area contributed by atoms with Crippen molar-refractivity contribution < 1.29 is 18.5 Å². The van der Waals surface area contributed by atoms with E-state index in [2.05, 4.69) is 148 Å². The summed E-state index contributed by atoms with van der Waals surface area (Å²) in [6, 6.07) is 34.5. The Morgan fingerprint density at radius 2 is 0.846 bits per heavy atom. The first-order valence-electron chi connectivity index (χ1n) is 33.1. The predicted octanol–water partition coefficient (Wildman–Crippen LogP) is 11.6. The molecule has 9 aromatic rings. The molecule has 15 rings (SSSR count). The van der Waals surface area contributed by atoms with E-state index in [4.69, 9.17) is 29.2 Å². The minimum atomic E-state index is 0. The summed E-state index contributed by atoms with van der Waals surface area (Å²) in [5.41, 5.74) is 4.77. The Balaban J connectivity index is 0.000000173. The van der Waals surface area contributed by atoms with Crippen molar-refractivity contribution in [2.24, 2.45) is 0 Å². The Bertz CT molecular complexity index is 3520. The number of morpholine rings is 3. The number of benzene rings is 3. The molecule has 484 valence electrons. The molecule has 0 bridgehead atoms. The number of nitrogens with one attached hydrogen (secondary N) is 3. The summed E-state index contributed by atoms with van der Waals surface area (Å²) in [5.74, 6) is 5.04. The van der Waals surface area contributed by atoms with E-state index in [-0.39, 0.29) is 4.28 Å². The van der Waals surface area contributed by atoms with Crippen LogP contribution in [-0.2, 0) is 14.2 Å². The summed E-state index contributed by atoms with van der Waals surface area (Å²) in [5, 5.41) is 16.8. The average Bonchev–Trinajstić information content (AvgIpc) is 0.862. The van der Waals surface area contributed by atoms with Crippen molar-refractivity contribution in [3.8, 4) is 0 Å². The van der Waals surface area contributed by atoms with Crippen LogP contribution in [0.2, 0.25) is 0 Å². The van der Waals surface area contributed by atoms with Crippen LogP contribution < -0.4 is 45.3 Å². The van der Waals surface area contributed by atoms with E-state index in [1.54, 1.807) is 0 Å². The zero-order valence-corrected chi connectivity index (χ0v) is 53.5. The number of ether oxygens (including phenoxy) is 3. The number of hydrogen-bond acceptors (Lipinski definition) is 21. The minimum Gasteiger partial charge on any atom is -0.378 e. The maximum absolute atomic E-state index is 5.45. The third kappa shape index (κ3) is 17.0. The van der Waals surface area contributed by atoms with Gasteiger partial charge in [0.15, 0.2) is 0 Å². The molecule has 0 spiro atoms. The quantitative estimate of drug-likeness (QED) is 0.104. The first-order valence-corrected chi connectivity index (χ1v) is 33.1. The number of fused-ring (bicyclic) bond motifs is 3. The van der Waals surface area contributed by atoms with Crippen LogP contribution in [0.15, 0.2) is 147 Å². The second-order valence-electron chi connectivity index (χ2n) is 22.9. The molecule has 91 heavy (non-hydrogen) atoms. The Morgan fingerprint density at radius 3 is 1.40 bits per heavy atom. The number of rotatable bonds is 12. The Morgan fingerprint density at radius 1 is 0.385 bits per heavy atom. The Kier molecular flexibility index (Phi) is 23.0. The van der Waals surface area contributed by atoms with E-state index in [1.165, 1.54) is 44.0 Å². The molecule has 0 unspecified atom stereocenters. The lowest BCUT2D eigenvalue weighted by atomic mass is 10.0. The summed E-state index contributed by atoms with van der Waals surface area (Å²) < 4.78 is 16.3. The first-order chi connectivity index (χ1) is 45.1. The highest BCUT2D eigenvalue weighted by molar-refractivity contribution is 5.94. The number of anilines is 9. The normalized spacial score (nSPS) is 19.3. The molecule has 21 nitrogen and oxygen atoms in total. The van der Waals surface area contributed by atoms with Gasteiger partial charge in [-0.3, -0.25) is 15.0 Å². The van der Waals surface area contributed by atoms with E-state index < -0.39 is 0 Å². The van der Waals surface area contributed by atoms with Crippen LogP contribution in [0, 0.1) is 0 Å². The van der Waals surface area contributed by atoms with Gasteiger partial charge in [-0.1, -0.05) is 70.2 Å². The van der Waals surface area contributed by atoms with E-state index in [9.17, 15) is 0 Å². The molecule has 12 heterocycles. The summed E-state index contributed by atoms with van der Waals surface area (Å²) in [4.78, 5) is 54.9. The molecule has 0 saturated carbocycles. The zero-order valence-electron chi connectivity index (χ0n) is 53.5. The van der Waals surface area contributed by atoms with E-state index >= 15 is 0 Å². The third-order valence-corrected chi connectivity index (χ3v) is 17.1. The van der Waals surface area contributed by atoms with Crippen molar-refractivity contribution in [3.63, 3.8) is 0 Å². The number of pyridine rings is 3. The van der Waals surface area contributed by atoms with Crippen molar-refractivity contribution in [1.29, 1.82) is 0 Å². The largest absolute Gasteiger partial charge is 0.378 e. The van der Waals surface area contributed by atoms with Crippen molar-refractivity contribution in [2.75, 3.05) is 164 Å². The van der Waals surface area contributed by atoms with Crippen LogP contribution in [0.25, 0.3) is 32.4 Å². The first kappa shape index (κ1) is 63.8. The molecule has 0 amide bonds. The van der Waals surface area contributed by atoms with Gasteiger partial charge >= 0.3 is 0 Å². The standard InChI is InChI=1S/3C22H26N6O.2C2H6.3H2/c1-3-17-15-19(5-6-20(17)23-8-1)28-10-2-4-18(16-28)25-22-24-9-7-21(26-22)27-11-13-29-14-12-27;1-3-17-15-23-8-6-19(17)20(5-1)28-10-2-4-18(16-28)25-22-24-9-7-21(26-22)27-11-13-29-14-12-27;1-2-6-19-17(4-1)14-23-15-20(19)28-9-3-5-18(16-28)25-22-24-8-7-21(26-22)27-10-12-29-13-11-27;2*1-2;;;/h2*1,3,5-9,15,18H,2,4,10-14,16H2,(H,24,25,26);1-2,4,6-8,14-15,18H,3,5,9-13,16H2,(H,24,25,26);2*1-2H3;3*1H/t3*18-;;;;;/m111...../s1. The SMILES string of the molecule is CC.CC.[HH].[HH].[HH].c1cc(N2CCC[C@@H](Nc3nccc(N4CCOCC4)n3)C2)c2ccncc2c1.c1ccc2c(N3CCC[C@@H](Nc4nccc(N5CCOCC5)n4)C3)cncc2c1.c1cnc2ccc(N3CCC[C@@H](Nc4nccc(N5CCOCC5)n4)C3)cc2c1. The number of piperidine rings is 3. The van der Waals surface area contributed by atoms with Gasteiger partial charge in [-0.05, 0) is 93.1 Å². The fourth-order valence-electron chi connectivity index (χ4n) is 12.7. The van der Waals surface area contributed by atoms with Gasteiger partial charge in [0.1, 0.15) is 17.5 Å². The van der Waals surface area contributed by atoms with Crippen molar-refractivity contribution in [1.82, 2.24) is 44.9 Å². The van der Waals surface area contributed by atoms with Crippen molar-refractivity contribution >= 4 is 84.8 Å². The van der Waals surface area contributed by atoms with Gasteiger partial charge in [0.05, 0.1) is 57.0 Å². The smallest absolute Gasteiger partial charge is 0.224 e. The van der Waals surface area contributed by atoms with Crippen LogP contribution in [-0.4, -0.2) is 181 Å². The number of aromatic nitrogens is 9. The molecule has 6 aromatic heterocycles. The van der Waals surface area contributed by atoms with Gasteiger partial charge < -0.3 is 59.6 Å². The molecule has 3 N–H and O–H groups in total. The van der Waals surface area contributed by atoms with Crippen LogP contribution in [0.3, 0.4) is 0 Å². The minimum absolute atomic E-state index is 0. The monoisotopic (exact) mass is 1240 g/mol. The molecular weight excluding hydrogens is 1140 g/mol. The fraction of sp³-hybridized carbons (Fsp3) is 0.443. The molecule has 6 aliphatic heterocycles. The van der Waals surface area contributed by atoms with Crippen LogP contribution in [0.1, 0.15) is 70.5 Å². The molecule has 6 fully saturated rings. The molecule has 21 heteroatoms. The molecule has 6 saturated heterocycles. The van der Waals surface area contributed by atoms with Crippen LogP contribution >= 0.6 is 0 Å². The van der Waals surface area contributed by atoms with Gasteiger partial charge in [0.2, 0.25) is 17.8 Å². The summed E-state index contributed by atoms with van der Waals surface area (Å²) in [7, 11) is 0. The van der Waals surface area contributed by atoms with Crippen LogP contribution in [0.5, 0.6) is 0 Å². The zero-order chi connectivity index (χ0) is 62.4. The summed E-state index contributed by atoms with van der Waals surface area (Å²) in [6.07, 6.45) is 21.9. The van der Waals surface area contributed by atoms with Gasteiger partial charge in [0, 0.05) is 183 Å². The average molecular weight is 1240 g/mol. The van der Waals surface area contributed by atoms with E-state index in [0.717, 1.165) is 180 Å². The number of nitrogens with zero attached hydrogens (tertiary/aromatic N) is 15. The molecule has 3 aromatic carbocycles. The maximum atomic E-state index is 5.45. The highest BCUT2D eigenvalue weighted by Gasteiger charge is 2.26.